The lowest BCUT2D eigenvalue weighted by Crippen LogP contribution is -3.06. The van der Waals surface area contributed by atoms with E-state index in [9.17, 15) is 4.79 Å². The van der Waals surface area contributed by atoms with E-state index in [0.717, 1.165) is 12.8 Å². The zero-order valence-electron chi connectivity index (χ0n) is 12.8. The zero-order valence-corrected chi connectivity index (χ0v) is 12.8. The first kappa shape index (κ1) is 14.9. The Morgan fingerprint density at radius 1 is 1.15 bits per heavy atom. The number of quaternary nitrogens is 1. The predicted octanol–water partition coefficient (Wildman–Crippen LogP) is 1.71. The first-order valence-corrected chi connectivity index (χ1v) is 7.10. The van der Waals surface area contributed by atoms with Crippen LogP contribution in [0, 0.1) is 0 Å². The number of esters is 1. The van der Waals surface area contributed by atoms with E-state index in [4.69, 9.17) is 10.5 Å². The Kier molecular flexibility index (Phi) is 3.78. The third-order valence-electron chi connectivity index (χ3n) is 3.71. The molecule has 1 saturated heterocycles. The van der Waals surface area contributed by atoms with Gasteiger partial charge in [0.2, 0.25) is 0 Å². The van der Waals surface area contributed by atoms with Crippen LogP contribution in [0.5, 0.6) is 0 Å². The van der Waals surface area contributed by atoms with Gasteiger partial charge in [-0.3, -0.25) is 0 Å². The summed E-state index contributed by atoms with van der Waals surface area (Å²) in [6, 6.07) is 6.87. The average molecular weight is 277 g/mol. The van der Waals surface area contributed by atoms with E-state index in [0.29, 0.717) is 11.3 Å². The topological polar surface area (TPSA) is 68.9 Å². The van der Waals surface area contributed by atoms with Crippen molar-refractivity contribution >= 4 is 11.7 Å². The molecule has 1 heterocycles. The molecule has 0 saturated carbocycles. The fourth-order valence-electron chi connectivity index (χ4n) is 3.34. The maximum Gasteiger partial charge on any atom is 0.338 e. The number of carbonyl (C=O) groups excluding carboxylic acids is 1. The SMILES string of the molecule is CC1(C)CC(OC(=O)c2ccc(N)cc2)CC(C)(C)[NH2+]1. The molecule has 1 aromatic rings. The minimum Gasteiger partial charge on any atom is -0.458 e. The van der Waals surface area contributed by atoms with Gasteiger partial charge in [-0.15, -0.1) is 0 Å². The number of piperidine rings is 1. The highest BCUT2D eigenvalue weighted by atomic mass is 16.5. The summed E-state index contributed by atoms with van der Waals surface area (Å²) in [7, 11) is 0. The molecule has 4 N–H and O–H groups in total. The lowest BCUT2D eigenvalue weighted by atomic mass is 9.81. The normalized spacial score (nSPS) is 21.4. The first-order valence-electron chi connectivity index (χ1n) is 7.10. The van der Waals surface area contributed by atoms with Gasteiger partial charge in [-0.25, -0.2) is 4.79 Å². The van der Waals surface area contributed by atoms with Crippen LogP contribution in [0.3, 0.4) is 0 Å². The number of hydrogen-bond acceptors (Lipinski definition) is 3. The zero-order chi connectivity index (χ0) is 15.0. The molecule has 1 aliphatic heterocycles. The van der Waals surface area contributed by atoms with Gasteiger partial charge in [-0.2, -0.15) is 0 Å². The van der Waals surface area contributed by atoms with Gasteiger partial charge < -0.3 is 15.8 Å². The van der Waals surface area contributed by atoms with Crippen molar-refractivity contribution in [2.45, 2.75) is 57.7 Å². The molecule has 0 amide bonds. The fraction of sp³-hybridized carbons (Fsp3) is 0.562. The van der Waals surface area contributed by atoms with Gasteiger partial charge in [-0.05, 0) is 52.0 Å². The molecule has 1 aromatic carbocycles. The molecule has 1 aliphatic rings. The summed E-state index contributed by atoms with van der Waals surface area (Å²) in [6.45, 7) is 8.77. The molecule has 20 heavy (non-hydrogen) atoms. The maximum atomic E-state index is 12.2. The number of nitrogen functional groups attached to an aromatic ring is 1. The average Bonchev–Trinajstić information content (AvgIpc) is 2.25. The Morgan fingerprint density at radius 3 is 2.15 bits per heavy atom. The fourth-order valence-corrected chi connectivity index (χ4v) is 3.34. The number of anilines is 1. The Balaban J connectivity index is 2.05. The number of ether oxygens (including phenoxy) is 1. The molecular formula is C16H25N2O2+. The van der Waals surface area contributed by atoms with Crippen molar-refractivity contribution in [3.63, 3.8) is 0 Å². The van der Waals surface area contributed by atoms with Crippen LogP contribution in [0.15, 0.2) is 24.3 Å². The van der Waals surface area contributed by atoms with Gasteiger partial charge in [0.1, 0.15) is 6.10 Å². The summed E-state index contributed by atoms with van der Waals surface area (Å²) in [5.74, 6) is -0.261. The highest BCUT2D eigenvalue weighted by Gasteiger charge is 2.43. The Hall–Kier alpha value is -1.55. The molecule has 0 bridgehead atoms. The van der Waals surface area contributed by atoms with Crippen LogP contribution in [0.2, 0.25) is 0 Å². The van der Waals surface area contributed by atoms with Crippen molar-refractivity contribution in [2.24, 2.45) is 0 Å². The summed E-state index contributed by atoms with van der Waals surface area (Å²) in [5, 5.41) is 2.37. The van der Waals surface area contributed by atoms with Crippen molar-refractivity contribution in [2.75, 3.05) is 5.73 Å². The van der Waals surface area contributed by atoms with Crippen molar-refractivity contribution < 1.29 is 14.8 Å². The summed E-state index contributed by atoms with van der Waals surface area (Å²) in [4.78, 5) is 12.2. The van der Waals surface area contributed by atoms with Gasteiger partial charge in [-0.1, -0.05) is 0 Å². The summed E-state index contributed by atoms with van der Waals surface area (Å²) in [5.41, 5.74) is 7.02. The van der Waals surface area contributed by atoms with Crippen LogP contribution in [0.1, 0.15) is 50.9 Å². The van der Waals surface area contributed by atoms with E-state index in [2.05, 4.69) is 33.0 Å². The summed E-state index contributed by atoms with van der Waals surface area (Å²) in [6.07, 6.45) is 1.71. The van der Waals surface area contributed by atoms with E-state index in [1.165, 1.54) is 0 Å². The molecule has 0 atom stereocenters. The molecule has 0 unspecified atom stereocenters. The predicted molar refractivity (Wildman–Crippen MR) is 79.4 cm³/mol. The van der Waals surface area contributed by atoms with Crippen molar-refractivity contribution in [1.82, 2.24) is 0 Å². The molecule has 0 spiro atoms. The maximum absolute atomic E-state index is 12.2. The van der Waals surface area contributed by atoms with Crippen LogP contribution < -0.4 is 11.1 Å². The Bertz CT molecular complexity index is 476. The number of rotatable bonds is 2. The van der Waals surface area contributed by atoms with E-state index >= 15 is 0 Å². The number of nitrogens with two attached hydrogens (primary N) is 2. The lowest BCUT2D eigenvalue weighted by molar-refractivity contribution is -0.789. The summed E-state index contributed by atoms with van der Waals surface area (Å²) >= 11 is 0. The van der Waals surface area contributed by atoms with Crippen LogP contribution in [0.25, 0.3) is 0 Å². The molecule has 2 rings (SSSR count). The number of benzene rings is 1. The third kappa shape index (κ3) is 3.73. The molecule has 1 fully saturated rings. The van der Waals surface area contributed by atoms with Gasteiger partial charge in [0.05, 0.1) is 16.6 Å². The van der Waals surface area contributed by atoms with E-state index in [1.807, 2.05) is 0 Å². The second-order valence-corrected chi connectivity index (χ2v) is 7.18. The second kappa shape index (κ2) is 5.09. The van der Waals surface area contributed by atoms with Crippen molar-refractivity contribution in [1.29, 1.82) is 0 Å². The molecule has 110 valence electrons. The van der Waals surface area contributed by atoms with E-state index in [1.54, 1.807) is 24.3 Å². The molecule has 0 radical (unpaired) electrons. The van der Waals surface area contributed by atoms with Crippen LogP contribution in [0.4, 0.5) is 5.69 Å². The summed E-state index contributed by atoms with van der Waals surface area (Å²) < 4.78 is 5.69. The lowest BCUT2D eigenvalue weighted by Gasteiger charge is -2.42. The van der Waals surface area contributed by atoms with E-state index in [-0.39, 0.29) is 23.2 Å². The number of hydrogen-bond donors (Lipinski definition) is 2. The number of carbonyl (C=O) groups is 1. The molecular weight excluding hydrogens is 252 g/mol. The molecule has 4 nitrogen and oxygen atoms in total. The molecule has 0 aromatic heterocycles. The first-order chi connectivity index (χ1) is 9.17. The van der Waals surface area contributed by atoms with Gasteiger partial charge >= 0.3 is 5.97 Å². The highest BCUT2D eigenvalue weighted by Crippen LogP contribution is 2.25. The van der Waals surface area contributed by atoms with Crippen LogP contribution in [-0.2, 0) is 4.74 Å². The van der Waals surface area contributed by atoms with E-state index < -0.39 is 0 Å². The van der Waals surface area contributed by atoms with Crippen molar-refractivity contribution in [3.05, 3.63) is 29.8 Å². The Morgan fingerprint density at radius 2 is 1.65 bits per heavy atom. The Labute approximate surface area is 120 Å². The monoisotopic (exact) mass is 277 g/mol. The highest BCUT2D eigenvalue weighted by molar-refractivity contribution is 5.89. The van der Waals surface area contributed by atoms with Crippen LogP contribution >= 0.6 is 0 Å². The quantitative estimate of drug-likeness (QED) is 0.638. The van der Waals surface area contributed by atoms with Crippen LogP contribution in [-0.4, -0.2) is 23.2 Å². The largest absolute Gasteiger partial charge is 0.458 e. The van der Waals surface area contributed by atoms with Gasteiger partial charge in [0.25, 0.3) is 0 Å². The minimum absolute atomic E-state index is 0.0324. The second-order valence-electron chi connectivity index (χ2n) is 7.18. The molecule has 4 heteroatoms. The minimum atomic E-state index is -0.261. The third-order valence-corrected chi connectivity index (χ3v) is 3.71. The van der Waals surface area contributed by atoms with Gasteiger partial charge in [0.15, 0.2) is 0 Å². The van der Waals surface area contributed by atoms with Gasteiger partial charge in [0, 0.05) is 18.5 Å². The van der Waals surface area contributed by atoms with Crippen molar-refractivity contribution in [3.8, 4) is 0 Å². The molecule has 0 aliphatic carbocycles. The smallest absolute Gasteiger partial charge is 0.338 e. The standard InChI is InChI=1S/C16H24N2O2/c1-15(2)9-13(10-16(3,4)18-15)20-14(19)11-5-7-12(17)8-6-11/h5-8,13,18H,9-10,17H2,1-4H3/p+1.